The number of hydrogen-bond donors (Lipinski definition) is 0. The lowest BCUT2D eigenvalue weighted by Crippen LogP contribution is -2.53. The summed E-state index contributed by atoms with van der Waals surface area (Å²) >= 11 is 0. The Morgan fingerprint density at radius 1 is 1.18 bits per heavy atom. The summed E-state index contributed by atoms with van der Waals surface area (Å²) < 4.78 is 0. The molecule has 0 N–H and O–H groups in total. The molecule has 1 saturated carbocycles. The van der Waals surface area contributed by atoms with E-state index in [4.69, 9.17) is 0 Å². The predicted octanol–water partition coefficient (Wildman–Crippen LogP) is 4.60. The van der Waals surface area contributed by atoms with Crippen LogP contribution >= 0.6 is 0 Å². The zero-order valence-electron chi connectivity index (χ0n) is 11.5. The van der Waals surface area contributed by atoms with Crippen molar-refractivity contribution in [2.45, 2.75) is 34.1 Å². The Morgan fingerprint density at radius 2 is 1.94 bits per heavy atom. The van der Waals surface area contributed by atoms with E-state index in [2.05, 4.69) is 58.1 Å². The van der Waals surface area contributed by atoms with Gasteiger partial charge in [0.25, 0.3) is 0 Å². The lowest BCUT2D eigenvalue weighted by molar-refractivity contribution is -0.0159. The van der Waals surface area contributed by atoms with E-state index in [9.17, 15) is 0 Å². The normalized spacial score (nSPS) is 51.3. The summed E-state index contributed by atoms with van der Waals surface area (Å²) in [6, 6.07) is 0. The molecule has 92 valence electrons. The van der Waals surface area contributed by atoms with E-state index in [0.717, 1.165) is 29.6 Å². The van der Waals surface area contributed by atoms with Gasteiger partial charge in [-0.25, -0.2) is 0 Å². The quantitative estimate of drug-likeness (QED) is 0.575. The lowest BCUT2D eigenvalue weighted by Gasteiger charge is -2.59. The monoisotopic (exact) mass is 228 g/mol. The fourth-order valence-corrected chi connectivity index (χ4v) is 4.74. The molecule has 0 radical (unpaired) electrons. The molecule has 0 heteroatoms. The largest absolute Gasteiger partial charge is 0.0839 e. The van der Waals surface area contributed by atoms with E-state index in [0.29, 0.717) is 5.41 Å². The van der Waals surface area contributed by atoms with E-state index in [1.165, 1.54) is 12.0 Å². The molecule has 6 unspecified atom stereocenters. The van der Waals surface area contributed by atoms with Gasteiger partial charge in [0.1, 0.15) is 0 Å². The van der Waals surface area contributed by atoms with Gasteiger partial charge in [0, 0.05) is 0 Å². The highest BCUT2D eigenvalue weighted by Gasteiger charge is 2.55. The Labute approximate surface area is 105 Å². The average Bonchev–Trinajstić information content (AvgIpc) is 2.34. The molecular formula is C17H24. The second kappa shape index (κ2) is 3.60. The summed E-state index contributed by atoms with van der Waals surface area (Å²) in [5, 5.41) is 0. The second-order valence-corrected chi connectivity index (χ2v) is 6.42. The first-order valence-corrected chi connectivity index (χ1v) is 7.16. The molecule has 6 atom stereocenters. The minimum atomic E-state index is 0.423. The molecule has 4 aliphatic carbocycles. The molecule has 0 nitrogen and oxygen atoms in total. The summed E-state index contributed by atoms with van der Waals surface area (Å²) in [7, 11) is 0. The van der Waals surface area contributed by atoms with E-state index in [-0.39, 0.29) is 0 Å². The Hall–Kier alpha value is -0.780. The van der Waals surface area contributed by atoms with Crippen molar-refractivity contribution in [3.8, 4) is 0 Å². The van der Waals surface area contributed by atoms with Crippen molar-refractivity contribution < 1.29 is 0 Å². The molecule has 1 fully saturated rings. The Bertz CT molecular complexity index is 412. The van der Waals surface area contributed by atoms with Crippen LogP contribution in [0.5, 0.6) is 0 Å². The number of fused-ring (bicyclic) bond motifs is 1. The molecule has 0 aromatic carbocycles. The fraction of sp³-hybridized carbons (Fsp3) is 0.647. The van der Waals surface area contributed by atoms with Crippen LogP contribution in [-0.2, 0) is 0 Å². The maximum atomic E-state index is 2.56. The first-order chi connectivity index (χ1) is 8.10. The van der Waals surface area contributed by atoms with Gasteiger partial charge in [-0.3, -0.25) is 0 Å². The van der Waals surface area contributed by atoms with Crippen LogP contribution in [0.25, 0.3) is 0 Å². The fourth-order valence-electron chi connectivity index (χ4n) is 4.74. The van der Waals surface area contributed by atoms with Crippen LogP contribution in [0.4, 0.5) is 0 Å². The van der Waals surface area contributed by atoms with Gasteiger partial charge in [0.15, 0.2) is 0 Å². The molecule has 0 amide bonds. The zero-order valence-corrected chi connectivity index (χ0v) is 11.5. The molecule has 0 aromatic heterocycles. The van der Waals surface area contributed by atoms with Crippen LogP contribution in [0.3, 0.4) is 0 Å². The summed E-state index contributed by atoms with van der Waals surface area (Å²) in [5.41, 5.74) is 1.88. The number of allylic oxidation sites excluding steroid dienone is 6. The molecule has 0 aromatic rings. The Morgan fingerprint density at radius 3 is 2.65 bits per heavy atom. The van der Waals surface area contributed by atoms with Crippen LogP contribution in [0.15, 0.2) is 36.0 Å². The molecule has 0 aliphatic heterocycles. The molecule has 2 bridgehead atoms. The number of rotatable bonds is 1. The molecule has 0 heterocycles. The minimum Gasteiger partial charge on any atom is -0.0839 e. The smallest absolute Gasteiger partial charge is 0.00237 e. The predicted molar refractivity (Wildman–Crippen MR) is 73.6 cm³/mol. The van der Waals surface area contributed by atoms with Gasteiger partial charge in [-0.05, 0) is 48.3 Å². The van der Waals surface area contributed by atoms with Crippen LogP contribution < -0.4 is 0 Å². The van der Waals surface area contributed by atoms with Gasteiger partial charge in [-0.1, -0.05) is 56.7 Å². The molecule has 0 saturated heterocycles. The Balaban J connectivity index is 2.11. The van der Waals surface area contributed by atoms with E-state index >= 15 is 0 Å². The van der Waals surface area contributed by atoms with Crippen LogP contribution in [-0.4, -0.2) is 0 Å². The van der Waals surface area contributed by atoms with Gasteiger partial charge in [-0.2, -0.15) is 0 Å². The molecule has 4 rings (SSSR count). The third kappa shape index (κ3) is 1.30. The highest BCUT2D eigenvalue weighted by atomic mass is 14.6. The highest BCUT2D eigenvalue weighted by molar-refractivity contribution is 5.34. The van der Waals surface area contributed by atoms with Gasteiger partial charge >= 0.3 is 0 Å². The molecule has 17 heavy (non-hydrogen) atoms. The lowest BCUT2D eigenvalue weighted by atomic mass is 9.45. The Kier molecular flexibility index (Phi) is 2.40. The SMILES string of the molecule is CCC12C=CC(C(C)C1C)C1C=C(C)C=CC12. The van der Waals surface area contributed by atoms with Crippen molar-refractivity contribution >= 4 is 0 Å². The van der Waals surface area contributed by atoms with Gasteiger partial charge in [-0.15, -0.1) is 0 Å². The van der Waals surface area contributed by atoms with E-state index in [1.807, 2.05) is 0 Å². The maximum absolute atomic E-state index is 2.56. The molecular weight excluding hydrogens is 204 g/mol. The first kappa shape index (κ1) is 11.3. The summed E-state index contributed by atoms with van der Waals surface area (Å²) in [5.74, 6) is 3.92. The standard InChI is InChI=1S/C17H24/c1-5-17-9-8-14(12(3)13(17)4)15-10-11(2)6-7-16(15)17/h6-10,12-16H,5H2,1-4H3. The first-order valence-electron chi connectivity index (χ1n) is 7.16. The van der Waals surface area contributed by atoms with Gasteiger partial charge < -0.3 is 0 Å². The number of hydrogen-bond acceptors (Lipinski definition) is 0. The van der Waals surface area contributed by atoms with E-state index in [1.54, 1.807) is 0 Å². The summed E-state index contributed by atoms with van der Waals surface area (Å²) in [6.45, 7) is 9.54. The van der Waals surface area contributed by atoms with Crippen molar-refractivity contribution in [1.82, 2.24) is 0 Å². The molecule has 0 spiro atoms. The van der Waals surface area contributed by atoms with Crippen LogP contribution in [0.1, 0.15) is 34.1 Å². The second-order valence-electron chi connectivity index (χ2n) is 6.42. The van der Waals surface area contributed by atoms with E-state index < -0.39 is 0 Å². The van der Waals surface area contributed by atoms with Crippen molar-refractivity contribution in [2.24, 2.45) is 35.0 Å². The topological polar surface area (TPSA) is 0 Å². The van der Waals surface area contributed by atoms with Crippen LogP contribution in [0, 0.1) is 35.0 Å². The van der Waals surface area contributed by atoms with Gasteiger partial charge in [0.05, 0.1) is 0 Å². The van der Waals surface area contributed by atoms with Crippen molar-refractivity contribution in [2.75, 3.05) is 0 Å². The maximum Gasteiger partial charge on any atom is -0.00237 e. The molecule has 4 aliphatic rings. The highest BCUT2D eigenvalue weighted by Crippen LogP contribution is 2.61. The third-order valence-electron chi connectivity index (χ3n) is 5.99. The van der Waals surface area contributed by atoms with Gasteiger partial charge in [0.2, 0.25) is 0 Å². The minimum absolute atomic E-state index is 0.423. The summed E-state index contributed by atoms with van der Waals surface area (Å²) in [6.07, 6.45) is 13.7. The third-order valence-corrected chi connectivity index (χ3v) is 5.99. The van der Waals surface area contributed by atoms with Crippen molar-refractivity contribution in [3.63, 3.8) is 0 Å². The van der Waals surface area contributed by atoms with Crippen molar-refractivity contribution in [3.05, 3.63) is 36.0 Å². The zero-order chi connectivity index (χ0) is 12.2. The van der Waals surface area contributed by atoms with Crippen molar-refractivity contribution in [1.29, 1.82) is 0 Å². The van der Waals surface area contributed by atoms with Crippen LogP contribution in [0.2, 0.25) is 0 Å². The average molecular weight is 228 g/mol. The summed E-state index contributed by atoms with van der Waals surface area (Å²) in [4.78, 5) is 0.